The number of sulfonamides is 1. The Hall–Kier alpha value is -4.42. The lowest BCUT2D eigenvalue weighted by molar-refractivity contribution is -0.141. The first-order chi connectivity index (χ1) is 21.2. The summed E-state index contributed by atoms with van der Waals surface area (Å²) in [5, 5.41) is 2.63. The highest BCUT2D eigenvalue weighted by molar-refractivity contribution is 7.92. The van der Waals surface area contributed by atoms with Crippen molar-refractivity contribution in [1.82, 2.24) is 20.0 Å². The minimum atomic E-state index is -4.17. The standard InChI is InChI=1S/C32H37N5O6S/c1-34-20-22-36(23-21-34)32(40)26-16-18-35(19-17-26)30(38)24-33-31(39)25-12-14-29(15-13-25)44(41,42)37(27-8-4-2-5-9-27)43-28-10-6-3-7-11-28/h2-15,26H,16-24H2,1H3,(H,33,39). The molecule has 0 atom stereocenters. The molecule has 2 aliphatic heterocycles. The quantitative estimate of drug-likeness (QED) is 0.366. The van der Waals surface area contributed by atoms with Crippen LogP contribution in [0.5, 0.6) is 5.75 Å². The molecule has 232 valence electrons. The third-order valence-corrected chi connectivity index (χ3v) is 9.53. The van der Waals surface area contributed by atoms with Crippen LogP contribution in [0.3, 0.4) is 0 Å². The molecule has 0 aromatic heterocycles. The number of hydrogen-bond acceptors (Lipinski definition) is 7. The Morgan fingerprint density at radius 3 is 2.00 bits per heavy atom. The van der Waals surface area contributed by atoms with E-state index in [-0.39, 0.29) is 34.7 Å². The van der Waals surface area contributed by atoms with E-state index in [1.165, 1.54) is 24.3 Å². The Kier molecular flexibility index (Phi) is 9.81. The number of carbonyl (C=O) groups excluding carboxylic acids is 3. The lowest BCUT2D eigenvalue weighted by atomic mass is 9.95. The highest BCUT2D eigenvalue weighted by Crippen LogP contribution is 2.26. The van der Waals surface area contributed by atoms with Crippen molar-refractivity contribution in [1.29, 1.82) is 0 Å². The second-order valence-electron chi connectivity index (χ2n) is 11.0. The van der Waals surface area contributed by atoms with Crippen molar-refractivity contribution < 1.29 is 27.6 Å². The van der Waals surface area contributed by atoms with E-state index in [0.29, 0.717) is 37.4 Å². The number of amides is 3. The van der Waals surface area contributed by atoms with Gasteiger partial charge in [0.15, 0.2) is 5.75 Å². The van der Waals surface area contributed by atoms with Gasteiger partial charge in [0.25, 0.3) is 15.9 Å². The molecule has 0 spiro atoms. The predicted molar refractivity (Wildman–Crippen MR) is 165 cm³/mol. The Morgan fingerprint density at radius 2 is 1.39 bits per heavy atom. The molecule has 0 unspecified atom stereocenters. The van der Waals surface area contributed by atoms with Crippen molar-refractivity contribution in [3.8, 4) is 5.75 Å². The number of anilines is 1. The van der Waals surface area contributed by atoms with Crippen LogP contribution in [0.4, 0.5) is 5.69 Å². The van der Waals surface area contributed by atoms with Crippen LogP contribution in [0, 0.1) is 5.92 Å². The van der Waals surface area contributed by atoms with Crippen LogP contribution in [0.1, 0.15) is 23.2 Å². The van der Waals surface area contributed by atoms with E-state index in [9.17, 15) is 22.8 Å². The highest BCUT2D eigenvalue weighted by atomic mass is 32.2. The first kappa shape index (κ1) is 31.0. The molecule has 44 heavy (non-hydrogen) atoms. The van der Waals surface area contributed by atoms with Gasteiger partial charge in [-0.15, -0.1) is 0 Å². The summed E-state index contributed by atoms with van der Waals surface area (Å²) in [6, 6.07) is 22.4. The van der Waals surface area contributed by atoms with Crippen molar-refractivity contribution in [2.24, 2.45) is 5.92 Å². The molecule has 0 radical (unpaired) electrons. The molecule has 3 aromatic rings. The van der Waals surface area contributed by atoms with Crippen molar-refractivity contribution >= 4 is 33.4 Å². The van der Waals surface area contributed by atoms with Gasteiger partial charge in [0, 0.05) is 50.7 Å². The minimum absolute atomic E-state index is 0.0705. The van der Waals surface area contributed by atoms with Gasteiger partial charge in [-0.2, -0.15) is 8.42 Å². The predicted octanol–water partition coefficient (Wildman–Crippen LogP) is 2.62. The van der Waals surface area contributed by atoms with E-state index in [0.717, 1.165) is 30.6 Å². The number of carbonyl (C=O) groups is 3. The number of rotatable bonds is 9. The fraction of sp³-hybridized carbons (Fsp3) is 0.344. The van der Waals surface area contributed by atoms with E-state index >= 15 is 0 Å². The smallest absolute Gasteiger partial charge is 0.295 e. The average molecular weight is 620 g/mol. The third kappa shape index (κ3) is 7.37. The summed E-state index contributed by atoms with van der Waals surface area (Å²) in [6.07, 6.45) is 1.21. The monoisotopic (exact) mass is 619 g/mol. The van der Waals surface area contributed by atoms with Gasteiger partial charge in [0.05, 0.1) is 17.1 Å². The molecule has 12 heteroatoms. The zero-order valence-corrected chi connectivity index (χ0v) is 25.5. The summed E-state index contributed by atoms with van der Waals surface area (Å²) in [6.45, 7) is 3.96. The lowest BCUT2D eigenvalue weighted by Crippen LogP contribution is -2.51. The number of piperidine rings is 1. The summed E-state index contributed by atoms with van der Waals surface area (Å²) < 4.78 is 28.0. The largest absolute Gasteiger partial charge is 0.364 e. The second-order valence-corrected chi connectivity index (χ2v) is 12.7. The number of nitrogens with one attached hydrogen (secondary N) is 1. The van der Waals surface area contributed by atoms with E-state index in [2.05, 4.69) is 10.2 Å². The third-order valence-electron chi connectivity index (χ3n) is 7.94. The van der Waals surface area contributed by atoms with Gasteiger partial charge in [-0.25, -0.2) is 0 Å². The van der Waals surface area contributed by atoms with E-state index in [1.807, 2.05) is 11.9 Å². The zero-order valence-electron chi connectivity index (χ0n) is 24.7. The molecule has 2 fully saturated rings. The average Bonchev–Trinajstić information content (AvgIpc) is 3.07. The van der Waals surface area contributed by atoms with E-state index < -0.39 is 15.9 Å². The van der Waals surface area contributed by atoms with Crippen LogP contribution >= 0.6 is 0 Å². The van der Waals surface area contributed by atoms with Crippen molar-refractivity contribution in [2.45, 2.75) is 17.7 Å². The summed E-state index contributed by atoms with van der Waals surface area (Å²) in [5.74, 6) is -0.292. The van der Waals surface area contributed by atoms with Gasteiger partial charge in [0.2, 0.25) is 11.8 Å². The Balaban J connectivity index is 1.15. The fourth-order valence-electron chi connectivity index (χ4n) is 5.27. The fourth-order valence-corrected chi connectivity index (χ4v) is 6.53. The topological polar surface area (TPSA) is 120 Å². The molecule has 0 aliphatic carbocycles. The summed E-state index contributed by atoms with van der Waals surface area (Å²) in [4.78, 5) is 50.0. The Labute approximate surface area is 258 Å². The van der Waals surface area contributed by atoms with E-state index in [1.54, 1.807) is 65.6 Å². The minimum Gasteiger partial charge on any atom is -0.364 e. The van der Waals surface area contributed by atoms with Gasteiger partial charge < -0.3 is 24.9 Å². The number of hydrogen-bond donors (Lipinski definition) is 1. The Bertz CT molecular complexity index is 1540. The maximum Gasteiger partial charge on any atom is 0.295 e. The SMILES string of the molecule is CN1CCN(C(=O)C2CCN(C(=O)CNC(=O)c3ccc(S(=O)(=O)N(Oc4ccccc4)c4ccccc4)cc3)CC2)CC1. The molecular weight excluding hydrogens is 582 g/mol. The number of nitrogens with zero attached hydrogens (tertiary/aromatic N) is 4. The van der Waals surface area contributed by atoms with Gasteiger partial charge in [-0.05, 0) is 68.4 Å². The Morgan fingerprint density at radius 1 is 0.795 bits per heavy atom. The van der Waals surface area contributed by atoms with Crippen LogP contribution in [0.15, 0.2) is 89.8 Å². The van der Waals surface area contributed by atoms with Gasteiger partial charge in [-0.1, -0.05) is 40.9 Å². The summed E-state index contributed by atoms with van der Waals surface area (Å²) in [5.41, 5.74) is 0.521. The molecule has 2 aliphatic rings. The van der Waals surface area contributed by atoms with Crippen molar-refractivity contribution in [3.63, 3.8) is 0 Å². The second kappa shape index (κ2) is 13.9. The van der Waals surface area contributed by atoms with Crippen LogP contribution in [0.2, 0.25) is 0 Å². The molecular formula is C32H37N5O6S. The first-order valence-electron chi connectivity index (χ1n) is 14.7. The van der Waals surface area contributed by atoms with Crippen LogP contribution in [-0.2, 0) is 19.6 Å². The van der Waals surface area contributed by atoms with Gasteiger partial charge >= 0.3 is 0 Å². The molecule has 0 saturated carbocycles. The van der Waals surface area contributed by atoms with Crippen LogP contribution in [-0.4, -0.2) is 93.7 Å². The maximum absolute atomic E-state index is 13.6. The molecule has 3 aromatic carbocycles. The molecule has 2 saturated heterocycles. The normalized spacial score (nSPS) is 16.3. The molecule has 0 bridgehead atoms. The molecule has 11 nitrogen and oxygen atoms in total. The number of piperazine rings is 1. The van der Waals surface area contributed by atoms with E-state index in [4.69, 9.17) is 4.84 Å². The van der Waals surface area contributed by atoms with Crippen LogP contribution < -0.4 is 14.6 Å². The number of likely N-dealkylation sites (tertiary alicyclic amines) is 1. The number of benzene rings is 3. The first-order valence-corrected chi connectivity index (χ1v) is 16.1. The molecule has 3 amide bonds. The summed E-state index contributed by atoms with van der Waals surface area (Å²) >= 11 is 0. The highest BCUT2D eigenvalue weighted by Gasteiger charge is 2.32. The molecule has 2 heterocycles. The van der Waals surface area contributed by atoms with Crippen LogP contribution in [0.25, 0.3) is 0 Å². The van der Waals surface area contributed by atoms with Crippen molar-refractivity contribution in [3.05, 3.63) is 90.5 Å². The molecule has 5 rings (SSSR count). The lowest BCUT2D eigenvalue weighted by Gasteiger charge is -2.37. The maximum atomic E-state index is 13.6. The summed E-state index contributed by atoms with van der Waals surface area (Å²) in [7, 11) is -2.12. The molecule has 1 N–H and O–H groups in total. The number of likely N-dealkylation sites (N-methyl/N-ethyl adjacent to an activating group) is 1. The van der Waals surface area contributed by atoms with Gasteiger partial charge in [-0.3, -0.25) is 14.4 Å². The van der Waals surface area contributed by atoms with Crippen molar-refractivity contribution in [2.75, 3.05) is 57.3 Å². The van der Waals surface area contributed by atoms with Gasteiger partial charge in [0.1, 0.15) is 0 Å². The number of para-hydroxylation sites is 2. The zero-order chi connectivity index (χ0) is 31.1.